The van der Waals surface area contributed by atoms with E-state index in [0.29, 0.717) is 25.4 Å². The van der Waals surface area contributed by atoms with Gasteiger partial charge in [0.2, 0.25) is 5.91 Å². The number of piperazine rings is 1. The number of amides is 1. The molecule has 0 radical (unpaired) electrons. The number of nitrogens with zero attached hydrogens (tertiary/aromatic N) is 2. The standard InChI is InChI=1S/C15H20N2O4/c1-11(18)17-8-7-16(10-15(19)20)9-13(17)12-5-3-4-6-14(12)21-2/h3-6,13H,7-10H2,1-2H3,(H,19,20)/t13-/m1/s1. The number of rotatable bonds is 4. The smallest absolute Gasteiger partial charge is 0.317 e. The lowest BCUT2D eigenvalue weighted by molar-refractivity contribution is -0.140. The molecule has 1 aliphatic rings. The van der Waals surface area contributed by atoms with Crippen molar-refractivity contribution >= 4 is 11.9 Å². The highest BCUT2D eigenvalue weighted by Crippen LogP contribution is 2.32. The zero-order valence-electron chi connectivity index (χ0n) is 12.3. The van der Waals surface area contributed by atoms with Gasteiger partial charge in [-0.3, -0.25) is 14.5 Å². The zero-order chi connectivity index (χ0) is 15.4. The summed E-state index contributed by atoms with van der Waals surface area (Å²) in [6.45, 7) is 3.10. The van der Waals surface area contributed by atoms with Gasteiger partial charge in [0.25, 0.3) is 0 Å². The first kappa shape index (κ1) is 15.3. The number of carbonyl (C=O) groups is 2. The lowest BCUT2D eigenvalue weighted by Crippen LogP contribution is -2.51. The normalized spacial score (nSPS) is 19.3. The van der Waals surface area contributed by atoms with E-state index in [2.05, 4.69) is 0 Å². The summed E-state index contributed by atoms with van der Waals surface area (Å²) >= 11 is 0. The van der Waals surface area contributed by atoms with Crippen LogP contribution in [0.1, 0.15) is 18.5 Å². The van der Waals surface area contributed by atoms with Crippen molar-refractivity contribution in [1.82, 2.24) is 9.80 Å². The molecule has 0 saturated carbocycles. The second-order valence-corrected chi connectivity index (χ2v) is 5.10. The maximum atomic E-state index is 11.9. The van der Waals surface area contributed by atoms with Gasteiger partial charge >= 0.3 is 5.97 Å². The number of carboxylic acids is 1. The number of carboxylic acid groups (broad SMARTS) is 1. The summed E-state index contributed by atoms with van der Waals surface area (Å²) in [4.78, 5) is 26.4. The molecule has 1 amide bonds. The van der Waals surface area contributed by atoms with Gasteiger partial charge < -0.3 is 14.7 Å². The van der Waals surface area contributed by atoms with Crippen LogP contribution in [0.2, 0.25) is 0 Å². The van der Waals surface area contributed by atoms with Gasteiger partial charge in [-0.05, 0) is 6.07 Å². The summed E-state index contributed by atoms with van der Waals surface area (Å²) in [7, 11) is 1.59. The fourth-order valence-corrected chi connectivity index (χ4v) is 2.76. The fraction of sp³-hybridized carbons (Fsp3) is 0.467. The summed E-state index contributed by atoms with van der Waals surface area (Å²) in [5.41, 5.74) is 0.908. The number of aliphatic carboxylic acids is 1. The number of benzene rings is 1. The van der Waals surface area contributed by atoms with Gasteiger partial charge in [-0.25, -0.2) is 0 Å². The molecule has 0 aliphatic carbocycles. The van der Waals surface area contributed by atoms with E-state index in [4.69, 9.17) is 9.84 Å². The van der Waals surface area contributed by atoms with Crippen LogP contribution in [0.25, 0.3) is 0 Å². The van der Waals surface area contributed by atoms with Gasteiger partial charge in [0, 0.05) is 32.1 Å². The van der Waals surface area contributed by atoms with E-state index in [1.165, 1.54) is 6.92 Å². The molecule has 1 saturated heterocycles. The molecule has 1 aliphatic heterocycles. The molecule has 6 nitrogen and oxygen atoms in total. The van der Waals surface area contributed by atoms with Gasteiger partial charge in [0.1, 0.15) is 5.75 Å². The van der Waals surface area contributed by atoms with E-state index in [1.807, 2.05) is 29.2 Å². The van der Waals surface area contributed by atoms with E-state index in [-0.39, 0.29) is 18.5 Å². The van der Waals surface area contributed by atoms with Crippen molar-refractivity contribution in [3.8, 4) is 5.75 Å². The molecule has 1 N–H and O–H groups in total. The Morgan fingerprint density at radius 2 is 2.05 bits per heavy atom. The summed E-state index contributed by atoms with van der Waals surface area (Å²) in [6, 6.07) is 7.35. The minimum Gasteiger partial charge on any atom is -0.496 e. The second-order valence-electron chi connectivity index (χ2n) is 5.10. The van der Waals surface area contributed by atoms with Crippen LogP contribution in [0.15, 0.2) is 24.3 Å². The Labute approximate surface area is 123 Å². The first-order chi connectivity index (χ1) is 10.0. The maximum Gasteiger partial charge on any atom is 0.317 e. The third-order valence-corrected chi connectivity index (χ3v) is 3.73. The van der Waals surface area contributed by atoms with Gasteiger partial charge in [0.05, 0.1) is 19.7 Å². The number of para-hydroxylation sites is 1. The Bertz CT molecular complexity index is 532. The molecule has 6 heteroatoms. The van der Waals surface area contributed by atoms with Crippen LogP contribution in [0.4, 0.5) is 0 Å². The molecule has 1 heterocycles. The van der Waals surface area contributed by atoms with Crippen LogP contribution < -0.4 is 4.74 Å². The van der Waals surface area contributed by atoms with Gasteiger partial charge in [-0.15, -0.1) is 0 Å². The Morgan fingerprint density at radius 1 is 1.33 bits per heavy atom. The molecule has 114 valence electrons. The van der Waals surface area contributed by atoms with Crippen molar-refractivity contribution < 1.29 is 19.4 Å². The van der Waals surface area contributed by atoms with Crippen LogP contribution in [0, 0.1) is 0 Å². The number of methoxy groups -OCH3 is 1. The third-order valence-electron chi connectivity index (χ3n) is 3.73. The first-order valence-electron chi connectivity index (χ1n) is 6.87. The average molecular weight is 292 g/mol. The Morgan fingerprint density at radius 3 is 2.67 bits per heavy atom. The molecule has 1 aromatic carbocycles. The minimum atomic E-state index is -0.856. The van der Waals surface area contributed by atoms with E-state index in [1.54, 1.807) is 12.0 Å². The lowest BCUT2D eigenvalue weighted by atomic mass is 10.0. The van der Waals surface area contributed by atoms with Crippen LogP contribution in [0.3, 0.4) is 0 Å². The SMILES string of the molecule is COc1ccccc1[C@H]1CN(CC(=O)O)CCN1C(C)=O. The highest BCUT2D eigenvalue weighted by Gasteiger charge is 2.32. The molecule has 1 fully saturated rings. The van der Waals surface area contributed by atoms with Crippen LogP contribution in [-0.2, 0) is 9.59 Å². The van der Waals surface area contributed by atoms with Crippen LogP contribution in [0.5, 0.6) is 5.75 Å². The van der Waals surface area contributed by atoms with Crippen molar-refractivity contribution in [2.24, 2.45) is 0 Å². The first-order valence-corrected chi connectivity index (χ1v) is 6.87. The molecular formula is C15H20N2O4. The molecular weight excluding hydrogens is 272 g/mol. The predicted octanol–water partition coefficient (Wildman–Crippen LogP) is 0.985. The number of ether oxygens (including phenoxy) is 1. The molecule has 2 rings (SSSR count). The average Bonchev–Trinajstić information content (AvgIpc) is 2.46. The summed E-state index contributed by atoms with van der Waals surface area (Å²) in [6.07, 6.45) is 0. The van der Waals surface area contributed by atoms with Crippen molar-refractivity contribution in [3.05, 3.63) is 29.8 Å². The third kappa shape index (κ3) is 3.52. The summed E-state index contributed by atoms with van der Waals surface area (Å²) < 4.78 is 5.37. The molecule has 1 aromatic rings. The quantitative estimate of drug-likeness (QED) is 0.896. The highest BCUT2D eigenvalue weighted by molar-refractivity contribution is 5.74. The summed E-state index contributed by atoms with van der Waals surface area (Å²) in [5.74, 6) is -0.156. The minimum absolute atomic E-state index is 0.0131. The second kappa shape index (κ2) is 6.58. The number of hydrogen-bond acceptors (Lipinski definition) is 4. The van der Waals surface area contributed by atoms with Gasteiger partial charge in [-0.2, -0.15) is 0 Å². The van der Waals surface area contributed by atoms with Crippen molar-refractivity contribution in [3.63, 3.8) is 0 Å². The van der Waals surface area contributed by atoms with Crippen LogP contribution in [-0.4, -0.2) is 60.1 Å². The molecule has 0 bridgehead atoms. The molecule has 0 aromatic heterocycles. The number of hydrogen-bond donors (Lipinski definition) is 1. The Hall–Kier alpha value is -2.08. The van der Waals surface area contributed by atoms with Crippen molar-refractivity contribution in [2.45, 2.75) is 13.0 Å². The number of carbonyl (C=O) groups excluding carboxylic acids is 1. The van der Waals surface area contributed by atoms with Crippen molar-refractivity contribution in [2.75, 3.05) is 33.3 Å². The maximum absolute atomic E-state index is 11.9. The van der Waals surface area contributed by atoms with Crippen molar-refractivity contribution in [1.29, 1.82) is 0 Å². The lowest BCUT2D eigenvalue weighted by Gasteiger charge is -2.41. The molecule has 0 unspecified atom stereocenters. The van der Waals surface area contributed by atoms with Crippen LogP contribution >= 0.6 is 0 Å². The summed E-state index contributed by atoms with van der Waals surface area (Å²) in [5, 5.41) is 8.95. The Balaban J connectivity index is 2.29. The Kier molecular flexibility index (Phi) is 4.80. The highest BCUT2D eigenvalue weighted by atomic mass is 16.5. The van der Waals surface area contributed by atoms with E-state index < -0.39 is 5.97 Å². The molecule has 1 atom stereocenters. The molecule has 0 spiro atoms. The van der Waals surface area contributed by atoms with E-state index >= 15 is 0 Å². The fourth-order valence-electron chi connectivity index (χ4n) is 2.76. The molecule has 21 heavy (non-hydrogen) atoms. The van der Waals surface area contributed by atoms with Gasteiger partial charge in [-0.1, -0.05) is 18.2 Å². The monoisotopic (exact) mass is 292 g/mol. The van der Waals surface area contributed by atoms with Gasteiger partial charge in [0.15, 0.2) is 0 Å². The largest absolute Gasteiger partial charge is 0.496 e. The van der Waals surface area contributed by atoms with E-state index in [0.717, 1.165) is 5.56 Å². The topological polar surface area (TPSA) is 70.1 Å². The zero-order valence-corrected chi connectivity index (χ0v) is 12.3. The van der Waals surface area contributed by atoms with E-state index in [9.17, 15) is 9.59 Å². The predicted molar refractivity (Wildman–Crippen MR) is 77.2 cm³/mol.